The summed E-state index contributed by atoms with van der Waals surface area (Å²) in [5.74, 6) is 0.914. The van der Waals surface area contributed by atoms with Crippen molar-refractivity contribution in [2.75, 3.05) is 5.32 Å². The number of anilines is 1. The fraction of sp³-hybridized carbons (Fsp3) is 0.167. The zero-order valence-electron chi connectivity index (χ0n) is 16.2. The summed E-state index contributed by atoms with van der Waals surface area (Å²) in [5, 5.41) is 2.92. The molecule has 3 aromatic carbocycles. The highest BCUT2D eigenvalue weighted by atomic mass is 16.3. The molecule has 0 fully saturated rings. The van der Waals surface area contributed by atoms with E-state index in [0.717, 1.165) is 11.1 Å². The molecule has 0 bridgehead atoms. The van der Waals surface area contributed by atoms with Crippen molar-refractivity contribution in [3.63, 3.8) is 0 Å². The van der Waals surface area contributed by atoms with E-state index in [9.17, 15) is 4.79 Å². The Hall–Kier alpha value is -3.40. The molecule has 0 unspecified atom stereocenters. The van der Waals surface area contributed by atoms with Gasteiger partial charge in [-0.3, -0.25) is 4.79 Å². The molecule has 0 saturated carbocycles. The molecule has 0 aliphatic heterocycles. The molecule has 28 heavy (non-hydrogen) atoms. The number of nitrogens with one attached hydrogen (secondary N) is 1. The summed E-state index contributed by atoms with van der Waals surface area (Å²) < 4.78 is 5.89. The number of carbonyl (C=O) groups excluding carboxylic acids is 1. The van der Waals surface area contributed by atoms with Crippen molar-refractivity contribution in [2.24, 2.45) is 0 Å². The fourth-order valence-corrected chi connectivity index (χ4v) is 3.05. The van der Waals surface area contributed by atoms with Crippen LogP contribution in [0.5, 0.6) is 0 Å². The minimum Gasteiger partial charge on any atom is -0.436 e. The quantitative estimate of drug-likeness (QED) is 0.467. The third-order valence-electron chi connectivity index (χ3n) is 4.78. The number of hydrogen-bond donors (Lipinski definition) is 1. The summed E-state index contributed by atoms with van der Waals surface area (Å²) in [6.45, 7) is 6.33. The Bertz CT molecular complexity index is 1120. The van der Waals surface area contributed by atoms with E-state index < -0.39 is 0 Å². The maximum Gasteiger partial charge on any atom is 0.255 e. The van der Waals surface area contributed by atoms with E-state index in [1.54, 1.807) is 0 Å². The molecule has 1 heterocycles. The van der Waals surface area contributed by atoms with Gasteiger partial charge in [0.15, 0.2) is 5.58 Å². The predicted molar refractivity (Wildman–Crippen MR) is 113 cm³/mol. The SMILES string of the molecule is Cc1ccc(C(=O)Nc2ccc3oc(-c4ccc(C(C)C)cc4)nc3c2)cc1. The van der Waals surface area contributed by atoms with Crippen LogP contribution in [0.4, 0.5) is 5.69 Å². The number of rotatable bonds is 4. The molecule has 0 radical (unpaired) electrons. The Morgan fingerprint density at radius 3 is 2.36 bits per heavy atom. The van der Waals surface area contributed by atoms with E-state index in [1.807, 2.05) is 61.5 Å². The van der Waals surface area contributed by atoms with Gasteiger partial charge in [0, 0.05) is 16.8 Å². The van der Waals surface area contributed by atoms with E-state index in [-0.39, 0.29) is 5.91 Å². The predicted octanol–water partition coefficient (Wildman–Crippen LogP) is 6.18. The van der Waals surface area contributed by atoms with Crippen LogP contribution >= 0.6 is 0 Å². The number of amides is 1. The van der Waals surface area contributed by atoms with Crippen LogP contribution in [0.1, 0.15) is 41.3 Å². The lowest BCUT2D eigenvalue weighted by Gasteiger charge is -2.05. The van der Waals surface area contributed by atoms with Crippen molar-refractivity contribution in [2.45, 2.75) is 26.7 Å². The lowest BCUT2D eigenvalue weighted by atomic mass is 10.0. The number of carbonyl (C=O) groups is 1. The number of aromatic nitrogens is 1. The van der Waals surface area contributed by atoms with Gasteiger partial charge in [0.1, 0.15) is 5.52 Å². The number of nitrogens with zero attached hydrogens (tertiary/aromatic N) is 1. The Labute approximate surface area is 164 Å². The first-order chi connectivity index (χ1) is 13.5. The molecule has 4 aromatic rings. The van der Waals surface area contributed by atoms with Crippen LogP contribution in [0.2, 0.25) is 0 Å². The Morgan fingerprint density at radius 1 is 0.964 bits per heavy atom. The molecule has 0 spiro atoms. The molecule has 0 aliphatic carbocycles. The number of oxazole rings is 1. The molecule has 1 N–H and O–H groups in total. The first-order valence-electron chi connectivity index (χ1n) is 9.38. The maximum absolute atomic E-state index is 12.4. The summed E-state index contributed by atoms with van der Waals surface area (Å²) in [4.78, 5) is 17.0. The monoisotopic (exact) mass is 370 g/mol. The summed E-state index contributed by atoms with van der Waals surface area (Å²) in [6.07, 6.45) is 0. The number of hydrogen-bond acceptors (Lipinski definition) is 3. The second-order valence-electron chi connectivity index (χ2n) is 7.30. The first kappa shape index (κ1) is 18.0. The number of aryl methyl sites for hydroxylation is 1. The lowest BCUT2D eigenvalue weighted by molar-refractivity contribution is 0.102. The van der Waals surface area contributed by atoms with Gasteiger partial charge in [-0.2, -0.15) is 0 Å². The van der Waals surface area contributed by atoms with Crippen LogP contribution in [0.15, 0.2) is 71.1 Å². The van der Waals surface area contributed by atoms with E-state index in [1.165, 1.54) is 5.56 Å². The third-order valence-corrected chi connectivity index (χ3v) is 4.78. The van der Waals surface area contributed by atoms with Gasteiger partial charge in [-0.25, -0.2) is 4.98 Å². The van der Waals surface area contributed by atoms with Crippen LogP contribution in [-0.4, -0.2) is 10.9 Å². The average molecular weight is 370 g/mol. The van der Waals surface area contributed by atoms with Crippen LogP contribution in [-0.2, 0) is 0 Å². The third kappa shape index (κ3) is 3.67. The van der Waals surface area contributed by atoms with E-state index >= 15 is 0 Å². The molecule has 4 nitrogen and oxygen atoms in total. The standard InChI is InChI=1S/C24H22N2O2/c1-15(2)17-8-10-19(11-9-17)24-26-21-14-20(12-13-22(21)28-24)25-23(27)18-6-4-16(3)5-7-18/h4-15H,1-3H3,(H,25,27). The van der Waals surface area contributed by atoms with Crippen molar-refractivity contribution in [1.82, 2.24) is 4.98 Å². The molecular formula is C24H22N2O2. The first-order valence-corrected chi connectivity index (χ1v) is 9.38. The zero-order chi connectivity index (χ0) is 19.7. The highest BCUT2D eigenvalue weighted by Gasteiger charge is 2.11. The number of benzene rings is 3. The number of fused-ring (bicyclic) bond motifs is 1. The smallest absolute Gasteiger partial charge is 0.255 e. The van der Waals surface area contributed by atoms with Gasteiger partial charge in [-0.05, 0) is 60.9 Å². The molecule has 0 aliphatic rings. The lowest BCUT2D eigenvalue weighted by Crippen LogP contribution is -2.11. The maximum atomic E-state index is 12.4. The molecule has 1 amide bonds. The van der Waals surface area contributed by atoms with Crippen molar-refractivity contribution in [3.8, 4) is 11.5 Å². The van der Waals surface area contributed by atoms with E-state index in [2.05, 4.69) is 36.3 Å². The molecule has 0 saturated heterocycles. The Balaban J connectivity index is 1.57. The van der Waals surface area contributed by atoms with Gasteiger partial charge in [-0.1, -0.05) is 43.7 Å². The van der Waals surface area contributed by atoms with Gasteiger partial charge in [0.2, 0.25) is 5.89 Å². The second-order valence-corrected chi connectivity index (χ2v) is 7.30. The zero-order valence-corrected chi connectivity index (χ0v) is 16.2. The minimum absolute atomic E-state index is 0.146. The summed E-state index contributed by atoms with van der Waals surface area (Å²) in [7, 11) is 0. The normalized spacial score (nSPS) is 11.1. The van der Waals surface area contributed by atoms with Gasteiger partial charge in [0.25, 0.3) is 5.91 Å². The molecule has 4 heteroatoms. The fourth-order valence-electron chi connectivity index (χ4n) is 3.05. The van der Waals surface area contributed by atoms with Crippen LogP contribution in [0.25, 0.3) is 22.6 Å². The van der Waals surface area contributed by atoms with E-state index in [0.29, 0.717) is 34.2 Å². The molecule has 4 rings (SSSR count). The summed E-state index contributed by atoms with van der Waals surface area (Å²) in [6, 6.07) is 21.2. The van der Waals surface area contributed by atoms with Gasteiger partial charge >= 0.3 is 0 Å². The van der Waals surface area contributed by atoms with Crippen molar-refractivity contribution in [1.29, 1.82) is 0 Å². The molecule has 0 atom stereocenters. The topological polar surface area (TPSA) is 55.1 Å². The van der Waals surface area contributed by atoms with Gasteiger partial charge in [0.05, 0.1) is 0 Å². The van der Waals surface area contributed by atoms with Gasteiger partial charge < -0.3 is 9.73 Å². The van der Waals surface area contributed by atoms with Crippen molar-refractivity contribution < 1.29 is 9.21 Å². The molecule has 140 valence electrons. The van der Waals surface area contributed by atoms with Crippen LogP contribution < -0.4 is 5.32 Å². The average Bonchev–Trinajstić information content (AvgIpc) is 3.12. The highest BCUT2D eigenvalue weighted by molar-refractivity contribution is 6.05. The van der Waals surface area contributed by atoms with E-state index in [4.69, 9.17) is 4.42 Å². The summed E-state index contributed by atoms with van der Waals surface area (Å²) in [5.41, 5.74) is 6.05. The Kier molecular flexibility index (Phi) is 4.70. The van der Waals surface area contributed by atoms with Gasteiger partial charge in [-0.15, -0.1) is 0 Å². The largest absolute Gasteiger partial charge is 0.436 e. The highest BCUT2D eigenvalue weighted by Crippen LogP contribution is 2.27. The second kappa shape index (κ2) is 7.31. The minimum atomic E-state index is -0.146. The Morgan fingerprint density at radius 2 is 1.68 bits per heavy atom. The van der Waals surface area contributed by atoms with Crippen LogP contribution in [0.3, 0.4) is 0 Å². The van der Waals surface area contributed by atoms with Crippen LogP contribution in [0, 0.1) is 6.92 Å². The summed E-state index contributed by atoms with van der Waals surface area (Å²) >= 11 is 0. The molecular weight excluding hydrogens is 348 g/mol. The molecule has 1 aromatic heterocycles. The van der Waals surface area contributed by atoms with Crippen molar-refractivity contribution >= 4 is 22.7 Å². The van der Waals surface area contributed by atoms with Crippen molar-refractivity contribution in [3.05, 3.63) is 83.4 Å².